The summed E-state index contributed by atoms with van der Waals surface area (Å²) in [5, 5.41) is 28.5. The number of rotatable bonds is 6. The average Bonchev–Trinajstić information content (AvgIpc) is 3.00. The van der Waals surface area contributed by atoms with Crippen LogP contribution in [0.15, 0.2) is 54.6 Å². The van der Waals surface area contributed by atoms with Gasteiger partial charge in [-0.15, -0.1) is 0 Å². The second-order valence-electron chi connectivity index (χ2n) is 9.41. The van der Waals surface area contributed by atoms with Gasteiger partial charge in [0.2, 0.25) is 0 Å². The Hall–Kier alpha value is -5.62. The van der Waals surface area contributed by atoms with Gasteiger partial charge in [0.05, 0.1) is 40.0 Å². The molecule has 9 nitrogen and oxygen atoms in total. The summed E-state index contributed by atoms with van der Waals surface area (Å²) >= 11 is 0. The average molecular weight is 690 g/mol. The molecule has 0 aliphatic rings. The van der Waals surface area contributed by atoms with E-state index < -0.39 is 76.4 Å². The number of aromatic carboxylic acids is 1. The monoisotopic (exact) mass is 689 g/mol. The maximum absolute atomic E-state index is 13.4. The first-order valence-corrected chi connectivity index (χ1v) is 13.0. The highest BCUT2D eigenvalue weighted by molar-refractivity contribution is 5.95. The molecule has 256 valence electrons. The Balaban J connectivity index is 0.000000368. The van der Waals surface area contributed by atoms with Crippen LogP contribution in [0, 0.1) is 40.1 Å². The van der Waals surface area contributed by atoms with Gasteiger partial charge >= 0.3 is 18.3 Å². The molecule has 0 saturated heterocycles. The molecule has 0 aliphatic carbocycles. The lowest BCUT2D eigenvalue weighted by Gasteiger charge is -2.17. The fourth-order valence-electron chi connectivity index (χ4n) is 3.11. The molecule has 2 amide bonds. The van der Waals surface area contributed by atoms with Crippen molar-refractivity contribution in [2.75, 3.05) is 0 Å². The second kappa shape index (κ2) is 17.3. The van der Waals surface area contributed by atoms with Crippen molar-refractivity contribution in [3.05, 3.63) is 105 Å². The number of nitrogens with one attached hydrogen (secondary N) is 2. The molecular formula is C30H24F9N5O4. The molecule has 0 radical (unpaired) electrons. The van der Waals surface area contributed by atoms with Gasteiger partial charge in [-0.25, -0.2) is 18.0 Å². The number of carbonyl (C=O) groups is 3. The van der Waals surface area contributed by atoms with Crippen molar-refractivity contribution in [1.82, 2.24) is 10.6 Å². The molecule has 3 aromatic carbocycles. The van der Waals surface area contributed by atoms with Crippen molar-refractivity contribution in [3.63, 3.8) is 0 Å². The lowest BCUT2D eigenvalue weighted by molar-refractivity contribution is -0.149. The summed E-state index contributed by atoms with van der Waals surface area (Å²) < 4.78 is 113. The first-order valence-electron chi connectivity index (χ1n) is 13.0. The maximum Gasteiger partial charge on any atom is 0.408 e. The molecule has 2 atom stereocenters. The number of benzene rings is 3. The van der Waals surface area contributed by atoms with E-state index in [1.807, 2.05) is 0 Å². The third kappa shape index (κ3) is 12.3. The van der Waals surface area contributed by atoms with Crippen molar-refractivity contribution in [2.24, 2.45) is 5.73 Å². The van der Waals surface area contributed by atoms with Gasteiger partial charge in [-0.05, 0) is 67.9 Å². The lowest BCUT2D eigenvalue weighted by Crippen LogP contribution is -2.43. The van der Waals surface area contributed by atoms with Crippen LogP contribution in [0.2, 0.25) is 0 Å². The number of carboxylic acids is 1. The molecule has 0 spiro atoms. The van der Waals surface area contributed by atoms with E-state index in [0.717, 1.165) is 56.3 Å². The van der Waals surface area contributed by atoms with E-state index in [9.17, 15) is 53.9 Å². The van der Waals surface area contributed by atoms with Crippen LogP contribution in [0.5, 0.6) is 0 Å². The molecule has 0 unspecified atom stereocenters. The van der Waals surface area contributed by atoms with Crippen molar-refractivity contribution in [1.29, 1.82) is 10.5 Å². The van der Waals surface area contributed by atoms with Crippen LogP contribution in [0.3, 0.4) is 0 Å². The van der Waals surface area contributed by atoms with Gasteiger partial charge < -0.3 is 21.5 Å². The Bertz CT molecular complexity index is 1710. The number of hydrogen-bond donors (Lipinski definition) is 4. The molecule has 0 aromatic heterocycles. The Morgan fingerprint density at radius 1 is 0.708 bits per heavy atom. The minimum atomic E-state index is -4.60. The number of nitrogens with zero attached hydrogens (tertiary/aromatic N) is 2. The SMILES string of the molecule is C[C@@H](NC(=O)c1ccc(C#N)cc1F)C(F)(F)F.C[C@@H](NC(=O)c1ccc(CN)cc1F)C(F)(F)F.N#Cc1ccc(C(=O)O)c(F)c1. The second-order valence-corrected chi connectivity index (χ2v) is 9.41. The number of nitrogens with two attached hydrogens (primary N) is 1. The predicted octanol–water partition coefficient (Wildman–Crippen LogP) is 5.74. The summed E-state index contributed by atoms with van der Waals surface area (Å²) in [6.45, 7) is 1.61. The lowest BCUT2D eigenvalue weighted by atomic mass is 10.1. The standard InChI is InChI=1S/C11H12F4N2O.C11H8F4N2O.C8H4FNO2/c2*1-6(11(13,14)15)17-10(18)8-3-2-7(5-16)4-9(8)12;9-7-3-5(4-10)1-2-6(7)8(11)12/h2-4,6H,5,16H2,1H3,(H,17,18);2-4,6H,1H3,(H,17,18);1-3H,(H,11,12)/t2*6-;/m11./s1. The number of hydrogen-bond acceptors (Lipinski definition) is 6. The molecule has 0 bridgehead atoms. The van der Waals surface area contributed by atoms with E-state index in [1.165, 1.54) is 12.1 Å². The Morgan fingerprint density at radius 3 is 1.35 bits per heavy atom. The van der Waals surface area contributed by atoms with Gasteiger partial charge in [-0.2, -0.15) is 36.9 Å². The molecule has 0 fully saturated rings. The highest BCUT2D eigenvalue weighted by Crippen LogP contribution is 2.21. The van der Waals surface area contributed by atoms with Crippen LogP contribution in [-0.4, -0.2) is 47.3 Å². The van der Waals surface area contributed by atoms with Gasteiger partial charge in [0, 0.05) is 6.54 Å². The Morgan fingerprint density at radius 2 is 1.06 bits per heavy atom. The van der Waals surface area contributed by atoms with E-state index in [2.05, 4.69) is 0 Å². The van der Waals surface area contributed by atoms with Crippen LogP contribution in [-0.2, 0) is 6.54 Å². The van der Waals surface area contributed by atoms with E-state index in [-0.39, 0.29) is 17.7 Å². The van der Waals surface area contributed by atoms with E-state index in [1.54, 1.807) is 22.8 Å². The summed E-state index contributed by atoms with van der Waals surface area (Å²) in [5.41, 5.74) is 4.41. The quantitative estimate of drug-likeness (QED) is 0.239. The van der Waals surface area contributed by atoms with E-state index in [0.29, 0.717) is 5.56 Å². The Kier molecular flexibility index (Phi) is 14.6. The summed E-state index contributed by atoms with van der Waals surface area (Å²) in [6.07, 6.45) is -9.16. The van der Waals surface area contributed by atoms with Crippen LogP contribution < -0.4 is 16.4 Å². The zero-order valence-corrected chi connectivity index (χ0v) is 24.6. The molecule has 0 heterocycles. The molecule has 48 heavy (non-hydrogen) atoms. The minimum absolute atomic E-state index is 0.0204. The third-order valence-electron chi connectivity index (χ3n) is 5.86. The smallest absolute Gasteiger partial charge is 0.408 e. The van der Waals surface area contributed by atoms with E-state index >= 15 is 0 Å². The topological polar surface area (TPSA) is 169 Å². The molecule has 0 aliphatic heterocycles. The van der Waals surface area contributed by atoms with Crippen LogP contribution >= 0.6 is 0 Å². The number of amides is 2. The van der Waals surface area contributed by atoms with Gasteiger partial charge in [0.1, 0.15) is 29.5 Å². The molecular weight excluding hydrogens is 665 g/mol. The molecule has 18 heteroatoms. The van der Waals surface area contributed by atoms with Crippen molar-refractivity contribution in [3.8, 4) is 12.1 Å². The maximum atomic E-state index is 13.4. The number of halogens is 9. The molecule has 5 N–H and O–H groups in total. The highest BCUT2D eigenvalue weighted by Gasteiger charge is 2.38. The van der Waals surface area contributed by atoms with E-state index in [4.69, 9.17) is 21.4 Å². The highest BCUT2D eigenvalue weighted by atomic mass is 19.4. The van der Waals surface area contributed by atoms with Gasteiger partial charge in [0.15, 0.2) is 0 Å². The minimum Gasteiger partial charge on any atom is -0.478 e. The van der Waals surface area contributed by atoms with Crippen molar-refractivity contribution in [2.45, 2.75) is 44.8 Å². The summed E-state index contributed by atoms with van der Waals surface area (Å²) in [6, 6.07) is 8.85. The normalized spacial score (nSPS) is 12.0. The zero-order chi connectivity index (χ0) is 37.0. The number of carboxylic acid groups (broad SMARTS) is 1. The summed E-state index contributed by atoms with van der Waals surface area (Å²) in [4.78, 5) is 33.1. The molecule has 0 saturated carbocycles. The Labute approximate surface area is 266 Å². The van der Waals surface area contributed by atoms with Crippen LogP contribution in [0.25, 0.3) is 0 Å². The molecule has 3 rings (SSSR count). The fraction of sp³-hybridized carbons (Fsp3) is 0.233. The number of alkyl halides is 6. The molecule has 3 aromatic rings. The third-order valence-corrected chi connectivity index (χ3v) is 5.86. The van der Waals surface area contributed by atoms with Gasteiger partial charge in [-0.3, -0.25) is 9.59 Å². The van der Waals surface area contributed by atoms with Gasteiger partial charge in [0.25, 0.3) is 11.8 Å². The zero-order valence-electron chi connectivity index (χ0n) is 24.6. The van der Waals surface area contributed by atoms with Crippen molar-refractivity contribution < 1.29 is 59.0 Å². The van der Waals surface area contributed by atoms with Crippen LogP contribution in [0.4, 0.5) is 39.5 Å². The summed E-state index contributed by atoms with van der Waals surface area (Å²) in [7, 11) is 0. The fourth-order valence-corrected chi connectivity index (χ4v) is 3.11. The first kappa shape index (κ1) is 40.4. The van der Waals surface area contributed by atoms with Crippen LogP contribution in [0.1, 0.15) is 61.6 Å². The number of nitriles is 2. The first-order chi connectivity index (χ1) is 22.2. The van der Waals surface area contributed by atoms with Crippen molar-refractivity contribution >= 4 is 17.8 Å². The largest absolute Gasteiger partial charge is 0.478 e. The predicted molar refractivity (Wildman–Crippen MR) is 149 cm³/mol. The van der Waals surface area contributed by atoms with Gasteiger partial charge in [-0.1, -0.05) is 6.07 Å². The number of carbonyl (C=O) groups excluding carboxylic acids is 2. The summed E-state index contributed by atoms with van der Waals surface area (Å²) in [5.74, 6) is -6.45.